The highest BCUT2D eigenvalue weighted by Crippen LogP contribution is 2.36. The first-order chi connectivity index (χ1) is 8.75. The van der Waals surface area contributed by atoms with Gasteiger partial charge < -0.3 is 5.73 Å². The molecule has 0 aliphatic carbocycles. The van der Waals surface area contributed by atoms with Crippen molar-refractivity contribution in [1.82, 2.24) is 15.2 Å². The van der Waals surface area contributed by atoms with E-state index in [1.165, 1.54) is 0 Å². The summed E-state index contributed by atoms with van der Waals surface area (Å²) in [5, 5.41) is 8.13. The average molecular weight is 256 g/mol. The molecule has 3 N–H and O–H groups in total. The molecule has 0 bridgehead atoms. The van der Waals surface area contributed by atoms with Crippen LogP contribution in [0.2, 0.25) is 0 Å². The van der Waals surface area contributed by atoms with Crippen LogP contribution in [-0.2, 0) is 0 Å². The zero-order chi connectivity index (χ0) is 12.5. The molecular weight excluding hydrogens is 244 g/mol. The van der Waals surface area contributed by atoms with Crippen molar-refractivity contribution in [2.45, 2.75) is 6.92 Å². The van der Waals surface area contributed by atoms with Gasteiger partial charge in [0.15, 0.2) is 5.82 Å². The average Bonchev–Trinajstić information content (AvgIpc) is 2.96. The molecule has 2 aromatic heterocycles. The predicted molar refractivity (Wildman–Crippen MR) is 74.3 cm³/mol. The van der Waals surface area contributed by atoms with Crippen molar-refractivity contribution in [2.24, 2.45) is 0 Å². The summed E-state index contributed by atoms with van der Waals surface area (Å²) in [7, 11) is 0. The number of aromatic nitrogens is 3. The Labute approximate surface area is 109 Å². The largest absolute Gasteiger partial charge is 0.382 e. The van der Waals surface area contributed by atoms with E-state index in [0.29, 0.717) is 5.82 Å². The first-order valence-corrected chi connectivity index (χ1v) is 6.39. The maximum atomic E-state index is 5.96. The molecule has 0 aliphatic rings. The second kappa shape index (κ2) is 4.27. The van der Waals surface area contributed by atoms with E-state index < -0.39 is 0 Å². The number of nitrogen functional groups attached to an aromatic ring is 1. The number of aromatic amines is 1. The highest BCUT2D eigenvalue weighted by Gasteiger charge is 2.15. The molecule has 0 aliphatic heterocycles. The van der Waals surface area contributed by atoms with E-state index in [9.17, 15) is 0 Å². The molecule has 18 heavy (non-hydrogen) atoms. The van der Waals surface area contributed by atoms with Crippen LogP contribution in [0.25, 0.3) is 21.7 Å². The number of nitrogens with zero attached hydrogens (tertiary/aromatic N) is 2. The van der Waals surface area contributed by atoms with Gasteiger partial charge in [0.05, 0.1) is 21.1 Å². The summed E-state index contributed by atoms with van der Waals surface area (Å²) in [5.74, 6) is 0.516. The first kappa shape index (κ1) is 11.0. The summed E-state index contributed by atoms with van der Waals surface area (Å²) in [6, 6.07) is 10.0. The third-order valence-electron chi connectivity index (χ3n) is 2.72. The highest BCUT2D eigenvalue weighted by atomic mass is 32.1. The van der Waals surface area contributed by atoms with Gasteiger partial charge in [0, 0.05) is 6.20 Å². The van der Waals surface area contributed by atoms with Crippen molar-refractivity contribution < 1.29 is 0 Å². The van der Waals surface area contributed by atoms with Gasteiger partial charge in [-0.25, -0.2) is 4.98 Å². The van der Waals surface area contributed by atoms with Gasteiger partial charge in [0.1, 0.15) is 0 Å². The number of anilines is 1. The van der Waals surface area contributed by atoms with Crippen LogP contribution in [0.15, 0.2) is 36.5 Å². The Bertz CT molecular complexity index is 669. The predicted octanol–water partition coefficient (Wildman–Crippen LogP) is 3.09. The van der Waals surface area contributed by atoms with Gasteiger partial charge in [-0.15, -0.1) is 11.3 Å². The van der Waals surface area contributed by atoms with E-state index in [1.54, 1.807) is 11.3 Å². The molecule has 0 saturated heterocycles. The van der Waals surface area contributed by atoms with Gasteiger partial charge in [-0.1, -0.05) is 30.3 Å². The Hall–Kier alpha value is -2.14. The third kappa shape index (κ3) is 1.78. The fourth-order valence-electron chi connectivity index (χ4n) is 1.91. The van der Waals surface area contributed by atoms with Gasteiger partial charge in [-0.3, -0.25) is 5.10 Å². The van der Waals surface area contributed by atoms with E-state index in [4.69, 9.17) is 5.73 Å². The molecule has 0 saturated carbocycles. The topological polar surface area (TPSA) is 67.6 Å². The summed E-state index contributed by atoms with van der Waals surface area (Å²) < 4.78 is 0. The van der Waals surface area contributed by atoms with E-state index in [1.807, 2.05) is 43.5 Å². The van der Waals surface area contributed by atoms with Crippen molar-refractivity contribution in [3.05, 3.63) is 41.5 Å². The minimum absolute atomic E-state index is 0.516. The van der Waals surface area contributed by atoms with Gasteiger partial charge in [-0.05, 0) is 12.5 Å². The van der Waals surface area contributed by atoms with E-state index in [0.717, 1.165) is 26.7 Å². The van der Waals surface area contributed by atoms with Gasteiger partial charge >= 0.3 is 0 Å². The Morgan fingerprint density at radius 2 is 2.00 bits per heavy atom. The van der Waals surface area contributed by atoms with Crippen LogP contribution in [0.1, 0.15) is 5.01 Å². The molecule has 2 heterocycles. The van der Waals surface area contributed by atoms with Crippen LogP contribution < -0.4 is 5.73 Å². The number of benzene rings is 1. The standard InChI is InChI=1S/C13H12N4S/c1-8-15-7-10(18-8)12-11(13(14)17-16-12)9-5-3-2-4-6-9/h2-7H,1H3,(H3,14,16,17). The summed E-state index contributed by atoms with van der Waals surface area (Å²) in [5.41, 5.74) is 8.90. The molecule has 0 fully saturated rings. The maximum absolute atomic E-state index is 5.96. The Kier molecular flexibility index (Phi) is 2.60. The van der Waals surface area contributed by atoms with Crippen LogP contribution in [0.4, 0.5) is 5.82 Å². The Morgan fingerprint density at radius 1 is 1.22 bits per heavy atom. The van der Waals surface area contributed by atoms with Crippen molar-refractivity contribution in [2.75, 3.05) is 5.73 Å². The summed E-state index contributed by atoms with van der Waals surface area (Å²) in [6.07, 6.45) is 1.85. The minimum Gasteiger partial charge on any atom is -0.382 e. The van der Waals surface area contributed by atoms with Crippen molar-refractivity contribution in [3.8, 4) is 21.7 Å². The fourth-order valence-corrected chi connectivity index (χ4v) is 2.69. The lowest BCUT2D eigenvalue weighted by atomic mass is 10.1. The lowest BCUT2D eigenvalue weighted by Crippen LogP contribution is -1.87. The Balaban J connectivity index is 2.18. The zero-order valence-electron chi connectivity index (χ0n) is 9.84. The van der Waals surface area contributed by atoms with Crippen LogP contribution in [0.3, 0.4) is 0 Å². The number of hydrogen-bond donors (Lipinski definition) is 2. The van der Waals surface area contributed by atoms with Gasteiger partial charge in [-0.2, -0.15) is 5.10 Å². The lowest BCUT2D eigenvalue weighted by Gasteiger charge is -2.01. The van der Waals surface area contributed by atoms with Crippen molar-refractivity contribution in [3.63, 3.8) is 0 Å². The third-order valence-corrected chi connectivity index (χ3v) is 3.65. The molecule has 5 heteroatoms. The number of rotatable bonds is 2. The molecule has 0 unspecified atom stereocenters. The number of thiazole rings is 1. The smallest absolute Gasteiger partial charge is 0.153 e. The molecule has 1 aromatic carbocycles. The molecule has 0 amide bonds. The van der Waals surface area contributed by atoms with E-state index in [-0.39, 0.29) is 0 Å². The quantitative estimate of drug-likeness (QED) is 0.740. The van der Waals surface area contributed by atoms with Crippen LogP contribution in [0.5, 0.6) is 0 Å². The second-order valence-electron chi connectivity index (χ2n) is 3.97. The Morgan fingerprint density at radius 3 is 2.67 bits per heavy atom. The number of nitrogens with one attached hydrogen (secondary N) is 1. The maximum Gasteiger partial charge on any atom is 0.153 e. The van der Waals surface area contributed by atoms with Crippen molar-refractivity contribution >= 4 is 17.2 Å². The van der Waals surface area contributed by atoms with Gasteiger partial charge in [0.25, 0.3) is 0 Å². The zero-order valence-corrected chi connectivity index (χ0v) is 10.7. The monoisotopic (exact) mass is 256 g/mol. The molecule has 90 valence electrons. The van der Waals surface area contributed by atoms with E-state index in [2.05, 4.69) is 15.2 Å². The minimum atomic E-state index is 0.516. The SMILES string of the molecule is Cc1ncc(-c2[nH]nc(N)c2-c2ccccc2)s1. The van der Waals surface area contributed by atoms with Crippen LogP contribution in [0, 0.1) is 6.92 Å². The number of hydrogen-bond acceptors (Lipinski definition) is 4. The molecule has 4 nitrogen and oxygen atoms in total. The molecule has 3 rings (SSSR count). The van der Waals surface area contributed by atoms with Crippen molar-refractivity contribution in [1.29, 1.82) is 0 Å². The molecule has 0 radical (unpaired) electrons. The summed E-state index contributed by atoms with van der Waals surface area (Å²) in [4.78, 5) is 5.32. The second-order valence-corrected chi connectivity index (χ2v) is 5.20. The number of H-pyrrole nitrogens is 1. The molecule has 3 aromatic rings. The van der Waals surface area contributed by atoms with E-state index >= 15 is 0 Å². The van der Waals surface area contributed by atoms with Gasteiger partial charge in [0.2, 0.25) is 0 Å². The fraction of sp³-hybridized carbons (Fsp3) is 0.0769. The van der Waals surface area contributed by atoms with Crippen LogP contribution >= 0.6 is 11.3 Å². The summed E-state index contributed by atoms with van der Waals surface area (Å²) >= 11 is 1.63. The number of aryl methyl sites for hydroxylation is 1. The molecule has 0 atom stereocenters. The number of nitrogens with two attached hydrogens (primary N) is 1. The lowest BCUT2D eigenvalue weighted by molar-refractivity contribution is 1.10. The van der Waals surface area contributed by atoms with Crippen LogP contribution in [-0.4, -0.2) is 15.2 Å². The molecule has 0 spiro atoms. The highest BCUT2D eigenvalue weighted by molar-refractivity contribution is 7.15. The normalized spacial score (nSPS) is 10.7. The first-order valence-electron chi connectivity index (χ1n) is 5.58. The molecular formula is C13H12N4S. The summed E-state index contributed by atoms with van der Waals surface area (Å²) in [6.45, 7) is 1.98.